The number of hydrogen-bond donors (Lipinski definition) is 1. The number of hydrogen-bond acceptors (Lipinski definition) is 5. The summed E-state index contributed by atoms with van der Waals surface area (Å²) < 4.78 is 34.1. The van der Waals surface area contributed by atoms with Crippen molar-refractivity contribution in [2.45, 2.75) is 18.7 Å². The number of carbonyl (C=O) groups excluding carboxylic acids is 1. The molecule has 0 heterocycles. The second kappa shape index (κ2) is 11.5. The van der Waals surface area contributed by atoms with Gasteiger partial charge in [0.1, 0.15) is 12.3 Å². The minimum absolute atomic E-state index is 0.0539. The number of amides is 1. The molecular weight excluding hydrogens is 542 g/mol. The molecule has 0 aromatic heterocycles. The van der Waals surface area contributed by atoms with Gasteiger partial charge in [-0.2, -0.15) is 5.10 Å². The molecule has 3 aromatic carbocycles. The molecule has 0 aliphatic rings. The number of sulfonamides is 1. The predicted molar refractivity (Wildman–Crippen MR) is 138 cm³/mol. The van der Waals surface area contributed by atoms with E-state index in [2.05, 4.69) is 26.5 Å². The molecule has 7 nitrogen and oxygen atoms in total. The molecule has 3 aromatic rings. The van der Waals surface area contributed by atoms with Crippen LogP contribution in [0.2, 0.25) is 5.02 Å². The highest BCUT2D eigenvalue weighted by molar-refractivity contribution is 9.10. The average molecular weight is 565 g/mol. The van der Waals surface area contributed by atoms with Crippen molar-refractivity contribution in [3.63, 3.8) is 0 Å². The second-order valence-electron chi connectivity index (χ2n) is 7.13. The largest absolute Gasteiger partial charge is 0.494 e. The number of benzene rings is 3. The van der Waals surface area contributed by atoms with Gasteiger partial charge in [0.15, 0.2) is 0 Å². The molecular formula is C24H23BrClN3O4S. The van der Waals surface area contributed by atoms with Gasteiger partial charge in [0.25, 0.3) is 15.9 Å². The number of nitrogens with zero attached hydrogens (tertiary/aromatic N) is 2. The molecule has 0 bridgehead atoms. The van der Waals surface area contributed by atoms with Crippen molar-refractivity contribution >= 4 is 54.9 Å². The molecule has 0 saturated carbocycles. The molecule has 1 amide bonds. The summed E-state index contributed by atoms with van der Waals surface area (Å²) in [6, 6.07) is 19.7. The van der Waals surface area contributed by atoms with Crippen LogP contribution in [0.25, 0.3) is 0 Å². The SMILES string of the molecule is CCOc1ccc(N(CC(=O)N/N=C(/C)c2ccc(Cl)cc2)S(=O)(=O)c2ccc(Br)cc2)cc1. The summed E-state index contributed by atoms with van der Waals surface area (Å²) in [5.41, 5.74) is 4.08. The van der Waals surface area contributed by atoms with Gasteiger partial charge in [0, 0.05) is 9.50 Å². The summed E-state index contributed by atoms with van der Waals surface area (Å²) in [4.78, 5) is 12.8. The van der Waals surface area contributed by atoms with Crippen LogP contribution < -0.4 is 14.5 Å². The molecule has 0 atom stereocenters. The molecule has 1 N–H and O–H groups in total. The molecule has 178 valence electrons. The molecule has 34 heavy (non-hydrogen) atoms. The van der Waals surface area contributed by atoms with Crippen molar-refractivity contribution in [3.8, 4) is 5.75 Å². The van der Waals surface area contributed by atoms with E-state index >= 15 is 0 Å². The van der Waals surface area contributed by atoms with Crippen LogP contribution in [0.4, 0.5) is 5.69 Å². The smallest absolute Gasteiger partial charge is 0.264 e. The Kier molecular flexibility index (Phi) is 8.71. The third-order valence-electron chi connectivity index (χ3n) is 4.73. The maximum Gasteiger partial charge on any atom is 0.264 e. The number of halogens is 2. The van der Waals surface area contributed by atoms with Gasteiger partial charge in [-0.05, 0) is 80.1 Å². The van der Waals surface area contributed by atoms with Gasteiger partial charge >= 0.3 is 0 Å². The fraction of sp³-hybridized carbons (Fsp3) is 0.167. The number of ether oxygens (including phenoxy) is 1. The van der Waals surface area contributed by atoms with Gasteiger partial charge < -0.3 is 4.74 Å². The Morgan fingerprint density at radius 2 is 1.65 bits per heavy atom. The van der Waals surface area contributed by atoms with Gasteiger partial charge in [-0.25, -0.2) is 13.8 Å². The number of rotatable bonds is 9. The maximum atomic E-state index is 13.4. The van der Waals surface area contributed by atoms with Gasteiger partial charge in [-0.1, -0.05) is 39.7 Å². The summed E-state index contributed by atoms with van der Waals surface area (Å²) in [6.07, 6.45) is 0. The first-order valence-corrected chi connectivity index (χ1v) is 12.9. The summed E-state index contributed by atoms with van der Waals surface area (Å²) in [5, 5.41) is 4.69. The lowest BCUT2D eigenvalue weighted by atomic mass is 10.1. The van der Waals surface area contributed by atoms with E-state index in [4.69, 9.17) is 16.3 Å². The molecule has 0 saturated heterocycles. The van der Waals surface area contributed by atoms with E-state index in [0.29, 0.717) is 28.8 Å². The summed E-state index contributed by atoms with van der Waals surface area (Å²) in [6.45, 7) is 3.60. The standard InChI is InChI=1S/C24H23BrClN3O4S/c1-3-33-22-12-10-21(11-13-22)29(34(31,32)23-14-6-19(25)7-15-23)16-24(30)28-27-17(2)18-4-8-20(26)9-5-18/h4-15H,3,16H2,1-2H3,(H,28,30)/b27-17-. The van der Waals surface area contributed by atoms with Crippen LogP contribution in [0, 0.1) is 0 Å². The van der Waals surface area contributed by atoms with Crippen molar-refractivity contribution < 1.29 is 17.9 Å². The van der Waals surface area contributed by atoms with Crippen molar-refractivity contribution in [1.82, 2.24) is 5.43 Å². The van der Waals surface area contributed by atoms with Crippen LogP contribution in [0.1, 0.15) is 19.4 Å². The lowest BCUT2D eigenvalue weighted by molar-refractivity contribution is -0.119. The Hall–Kier alpha value is -2.88. The average Bonchev–Trinajstić information content (AvgIpc) is 2.82. The van der Waals surface area contributed by atoms with Gasteiger partial charge in [-0.3, -0.25) is 9.10 Å². The van der Waals surface area contributed by atoms with Crippen LogP contribution in [0.5, 0.6) is 5.75 Å². The summed E-state index contributed by atoms with van der Waals surface area (Å²) >= 11 is 9.21. The molecule has 0 aliphatic heterocycles. The van der Waals surface area contributed by atoms with E-state index in [1.54, 1.807) is 67.6 Å². The van der Waals surface area contributed by atoms with Crippen molar-refractivity contribution in [2.24, 2.45) is 5.10 Å². The highest BCUT2D eigenvalue weighted by Gasteiger charge is 2.27. The van der Waals surface area contributed by atoms with E-state index < -0.39 is 22.5 Å². The van der Waals surface area contributed by atoms with Gasteiger partial charge in [0.2, 0.25) is 0 Å². The number of anilines is 1. The van der Waals surface area contributed by atoms with E-state index in [-0.39, 0.29) is 4.90 Å². The quantitative estimate of drug-likeness (QED) is 0.285. The Bertz CT molecular complexity index is 1260. The van der Waals surface area contributed by atoms with Crippen LogP contribution >= 0.6 is 27.5 Å². The van der Waals surface area contributed by atoms with Crippen LogP contribution in [0.15, 0.2) is 87.3 Å². The van der Waals surface area contributed by atoms with E-state index in [9.17, 15) is 13.2 Å². The Labute approximate surface area is 212 Å². The predicted octanol–water partition coefficient (Wildman–Crippen LogP) is 5.24. The first-order valence-electron chi connectivity index (χ1n) is 10.3. The van der Waals surface area contributed by atoms with Crippen molar-refractivity contribution in [2.75, 3.05) is 17.5 Å². The normalized spacial score (nSPS) is 11.7. The van der Waals surface area contributed by atoms with Crippen molar-refractivity contribution in [1.29, 1.82) is 0 Å². The van der Waals surface area contributed by atoms with Crippen LogP contribution in [0.3, 0.4) is 0 Å². The minimum Gasteiger partial charge on any atom is -0.494 e. The molecule has 10 heteroatoms. The molecule has 0 unspecified atom stereocenters. The van der Waals surface area contributed by atoms with Crippen molar-refractivity contribution in [3.05, 3.63) is 87.9 Å². The monoisotopic (exact) mass is 563 g/mol. The number of hydrazone groups is 1. The van der Waals surface area contributed by atoms with Crippen LogP contribution in [-0.2, 0) is 14.8 Å². The zero-order valence-electron chi connectivity index (χ0n) is 18.5. The highest BCUT2D eigenvalue weighted by Crippen LogP contribution is 2.26. The highest BCUT2D eigenvalue weighted by atomic mass is 79.9. The lowest BCUT2D eigenvalue weighted by Gasteiger charge is -2.24. The molecule has 0 spiro atoms. The Morgan fingerprint density at radius 1 is 1.03 bits per heavy atom. The van der Waals surface area contributed by atoms with E-state index in [0.717, 1.165) is 14.3 Å². The fourth-order valence-corrected chi connectivity index (χ4v) is 4.80. The third kappa shape index (κ3) is 6.59. The zero-order valence-corrected chi connectivity index (χ0v) is 21.7. The number of nitrogens with one attached hydrogen (secondary N) is 1. The minimum atomic E-state index is -4.04. The summed E-state index contributed by atoms with van der Waals surface area (Å²) in [7, 11) is -4.04. The van der Waals surface area contributed by atoms with Gasteiger partial charge in [0.05, 0.1) is 22.9 Å². The first-order chi connectivity index (χ1) is 16.2. The molecule has 0 aliphatic carbocycles. The van der Waals surface area contributed by atoms with Gasteiger partial charge in [-0.15, -0.1) is 0 Å². The number of carbonyl (C=O) groups is 1. The lowest BCUT2D eigenvalue weighted by Crippen LogP contribution is -2.39. The topological polar surface area (TPSA) is 88.1 Å². The molecule has 0 fully saturated rings. The summed E-state index contributed by atoms with van der Waals surface area (Å²) in [5.74, 6) is 0.00256. The fourth-order valence-electron chi connectivity index (χ4n) is 2.99. The molecule has 3 rings (SSSR count). The third-order valence-corrected chi connectivity index (χ3v) is 7.30. The maximum absolute atomic E-state index is 13.4. The Balaban J connectivity index is 1.87. The Morgan fingerprint density at radius 3 is 2.24 bits per heavy atom. The van der Waals surface area contributed by atoms with Crippen LogP contribution in [-0.4, -0.2) is 33.2 Å². The van der Waals surface area contributed by atoms with E-state index in [1.807, 2.05) is 6.92 Å². The van der Waals surface area contributed by atoms with E-state index in [1.165, 1.54) is 12.1 Å². The second-order valence-corrected chi connectivity index (χ2v) is 10.3. The first kappa shape index (κ1) is 25.7. The zero-order chi connectivity index (χ0) is 24.7. The molecule has 0 radical (unpaired) electrons.